The Bertz CT molecular complexity index is 585. The summed E-state index contributed by atoms with van der Waals surface area (Å²) in [7, 11) is 2.94. The molecule has 0 aromatic rings. The number of rotatable bonds is 4. The molecule has 0 aromatic heterocycles. The van der Waals surface area contributed by atoms with Crippen LogP contribution in [0.25, 0.3) is 0 Å². The van der Waals surface area contributed by atoms with E-state index in [0.29, 0.717) is 13.1 Å². The van der Waals surface area contributed by atoms with Crippen molar-refractivity contribution in [1.29, 1.82) is 0 Å². The van der Waals surface area contributed by atoms with Gasteiger partial charge >= 0.3 is 6.03 Å². The number of amides is 4. The van der Waals surface area contributed by atoms with E-state index in [2.05, 4.69) is 26.2 Å². The van der Waals surface area contributed by atoms with Gasteiger partial charge in [0.1, 0.15) is 0 Å². The molecule has 120 valence electrons. The maximum Gasteiger partial charge on any atom is 0.327 e. The number of aliphatic imine (C=N–C) groups is 1. The minimum Gasteiger partial charge on any atom is -0.352 e. The van der Waals surface area contributed by atoms with E-state index >= 15 is 0 Å². The number of nitrogens with one attached hydrogen (secondary N) is 3. The van der Waals surface area contributed by atoms with Crippen LogP contribution < -0.4 is 16.1 Å². The highest BCUT2D eigenvalue weighted by molar-refractivity contribution is 6.40. The van der Waals surface area contributed by atoms with Crippen molar-refractivity contribution in [3.05, 3.63) is 0 Å². The highest BCUT2D eigenvalue weighted by atomic mass is 16.2. The molecule has 22 heavy (non-hydrogen) atoms. The van der Waals surface area contributed by atoms with E-state index in [1.165, 1.54) is 19.0 Å². The SMILES string of the molecule is CCNC(=O)C1=NC2(C(=O)NCC)C(=NN1)N(C)C(=O)N2C. The molecule has 0 saturated carbocycles. The number of hydrogen-bond acceptors (Lipinski definition) is 6. The number of nitrogens with zero attached hydrogens (tertiary/aromatic N) is 4. The molecule has 1 unspecified atom stereocenters. The summed E-state index contributed by atoms with van der Waals surface area (Å²) in [5.74, 6) is -1.01. The predicted octanol–water partition coefficient (Wildman–Crippen LogP) is -1.73. The Balaban J connectivity index is 2.52. The molecule has 4 amide bonds. The number of likely N-dealkylation sites (N-methyl/N-ethyl adjacent to an activating group) is 4. The summed E-state index contributed by atoms with van der Waals surface area (Å²) in [5, 5.41) is 9.22. The van der Waals surface area contributed by atoms with Gasteiger partial charge in [0.15, 0.2) is 5.84 Å². The summed E-state index contributed by atoms with van der Waals surface area (Å²) in [5.41, 5.74) is 0.821. The van der Waals surface area contributed by atoms with Crippen LogP contribution in [0.2, 0.25) is 0 Å². The molecular formula is C12H19N7O3. The summed E-state index contributed by atoms with van der Waals surface area (Å²) >= 11 is 0. The maximum atomic E-state index is 12.6. The number of amidine groups is 2. The van der Waals surface area contributed by atoms with Crippen LogP contribution in [0, 0.1) is 0 Å². The zero-order valence-electron chi connectivity index (χ0n) is 12.9. The smallest absolute Gasteiger partial charge is 0.327 e. The van der Waals surface area contributed by atoms with Crippen molar-refractivity contribution in [2.24, 2.45) is 10.1 Å². The van der Waals surface area contributed by atoms with Crippen molar-refractivity contribution < 1.29 is 14.4 Å². The molecule has 0 radical (unpaired) electrons. The van der Waals surface area contributed by atoms with E-state index in [-0.39, 0.29) is 11.7 Å². The molecule has 2 heterocycles. The van der Waals surface area contributed by atoms with Crippen LogP contribution in [0.15, 0.2) is 10.1 Å². The molecule has 0 aliphatic carbocycles. The van der Waals surface area contributed by atoms with Crippen LogP contribution in [0.5, 0.6) is 0 Å². The molecule has 1 saturated heterocycles. The summed E-state index contributed by atoms with van der Waals surface area (Å²) in [6.07, 6.45) is 0. The standard InChI is InChI=1S/C12H19N7O3/c1-5-13-8(20)7-15-12(10(21)14-6-2)9(17-16-7)18(3)11(22)19(12)4/h5-6H2,1-4H3,(H,13,20)(H,14,21)(H,15,16). The van der Waals surface area contributed by atoms with Gasteiger partial charge in [0, 0.05) is 27.2 Å². The number of carbonyl (C=O) groups excluding carboxylic acids is 3. The van der Waals surface area contributed by atoms with Crippen LogP contribution in [0.3, 0.4) is 0 Å². The molecular weight excluding hydrogens is 290 g/mol. The van der Waals surface area contributed by atoms with Gasteiger partial charge in [-0.05, 0) is 13.8 Å². The third kappa shape index (κ3) is 2.07. The van der Waals surface area contributed by atoms with Crippen LogP contribution in [-0.2, 0) is 9.59 Å². The Hall–Kier alpha value is -2.65. The highest BCUT2D eigenvalue weighted by Gasteiger charge is 2.60. The molecule has 0 bridgehead atoms. The third-order valence-electron chi connectivity index (χ3n) is 3.44. The lowest BCUT2D eigenvalue weighted by atomic mass is 10.1. The molecule has 1 fully saturated rings. The average molecular weight is 309 g/mol. The number of fused-ring (bicyclic) bond motifs is 1. The second kappa shape index (κ2) is 5.62. The molecule has 2 aliphatic heterocycles. The van der Waals surface area contributed by atoms with Crippen LogP contribution >= 0.6 is 0 Å². The topological polar surface area (TPSA) is 118 Å². The molecule has 0 spiro atoms. The lowest BCUT2D eigenvalue weighted by molar-refractivity contribution is -0.127. The van der Waals surface area contributed by atoms with Crippen LogP contribution in [0.4, 0.5) is 4.79 Å². The Morgan fingerprint density at radius 2 is 1.86 bits per heavy atom. The van der Waals surface area contributed by atoms with Gasteiger partial charge in [-0.25, -0.2) is 9.79 Å². The fourth-order valence-electron chi connectivity index (χ4n) is 2.34. The first-order valence-corrected chi connectivity index (χ1v) is 6.92. The quantitative estimate of drug-likeness (QED) is 0.571. The van der Waals surface area contributed by atoms with Gasteiger partial charge in [-0.1, -0.05) is 0 Å². The Morgan fingerprint density at radius 1 is 1.23 bits per heavy atom. The van der Waals surface area contributed by atoms with Crippen LogP contribution in [0.1, 0.15) is 13.8 Å². The van der Waals surface area contributed by atoms with Gasteiger partial charge in [0.05, 0.1) is 0 Å². The normalized spacial score (nSPS) is 23.4. The van der Waals surface area contributed by atoms with Crippen molar-refractivity contribution in [2.75, 3.05) is 27.2 Å². The molecule has 2 aliphatic rings. The third-order valence-corrected chi connectivity index (χ3v) is 3.44. The van der Waals surface area contributed by atoms with Crippen molar-refractivity contribution in [3.63, 3.8) is 0 Å². The zero-order chi connectivity index (χ0) is 16.5. The summed E-state index contributed by atoms with van der Waals surface area (Å²) < 4.78 is 0. The van der Waals surface area contributed by atoms with E-state index < -0.39 is 23.5 Å². The van der Waals surface area contributed by atoms with Crippen molar-refractivity contribution in [3.8, 4) is 0 Å². The molecule has 10 heteroatoms. The number of hydrazone groups is 1. The van der Waals surface area contributed by atoms with E-state index in [1.54, 1.807) is 13.8 Å². The van der Waals surface area contributed by atoms with E-state index in [1.807, 2.05) is 0 Å². The van der Waals surface area contributed by atoms with Gasteiger partial charge < -0.3 is 10.6 Å². The van der Waals surface area contributed by atoms with E-state index in [9.17, 15) is 14.4 Å². The molecule has 3 N–H and O–H groups in total. The Labute approximate surface area is 127 Å². The van der Waals surface area contributed by atoms with Crippen molar-refractivity contribution in [2.45, 2.75) is 19.5 Å². The maximum absolute atomic E-state index is 12.6. The first-order chi connectivity index (χ1) is 10.4. The fraction of sp³-hybridized carbons (Fsp3) is 0.583. The zero-order valence-corrected chi connectivity index (χ0v) is 12.9. The molecule has 10 nitrogen and oxygen atoms in total. The second-order valence-corrected chi connectivity index (χ2v) is 4.80. The van der Waals surface area contributed by atoms with E-state index in [4.69, 9.17) is 0 Å². The molecule has 0 aromatic carbocycles. The van der Waals surface area contributed by atoms with Gasteiger partial charge in [-0.15, -0.1) is 0 Å². The molecule has 2 rings (SSSR count). The summed E-state index contributed by atoms with van der Waals surface area (Å²) in [6, 6.07) is -0.437. The first kappa shape index (κ1) is 15.7. The summed E-state index contributed by atoms with van der Waals surface area (Å²) in [6.45, 7) is 4.27. The number of carbonyl (C=O) groups is 3. The minimum absolute atomic E-state index is 0.119. The van der Waals surface area contributed by atoms with Gasteiger partial charge in [-0.3, -0.25) is 24.8 Å². The predicted molar refractivity (Wildman–Crippen MR) is 79.0 cm³/mol. The highest BCUT2D eigenvalue weighted by Crippen LogP contribution is 2.30. The van der Waals surface area contributed by atoms with Crippen molar-refractivity contribution in [1.82, 2.24) is 25.9 Å². The van der Waals surface area contributed by atoms with Gasteiger partial charge in [-0.2, -0.15) is 5.10 Å². The lowest BCUT2D eigenvalue weighted by Crippen LogP contribution is -2.61. The largest absolute Gasteiger partial charge is 0.352 e. The van der Waals surface area contributed by atoms with E-state index in [0.717, 1.165) is 4.90 Å². The number of urea groups is 1. The lowest BCUT2D eigenvalue weighted by Gasteiger charge is -2.31. The van der Waals surface area contributed by atoms with Crippen molar-refractivity contribution >= 4 is 29.5 Å². The molecule has 1 atom stereocenters. The monoisotopic (exact) mass is 309 g/mol. The fourth-order valence-corrected chi connectivity index (χ4v) is 2.34. The van der Waals surface area contributed by atoms with Crippen LogP contribution in [-0.4, -0.2) is 72.2 Å². The van der Waals surface area contributed by atoms with Gasteiger partial charge in [0.2, 0.25) is 5.84 Å². The summed E-state index contributed by atoms with van der Waals surface area (Å²) in [4.78, 5) is 43.3. The minimum atomic E-state index is -1.67. The first-order valence-electron chi connectivity index (χ1n) is 6.92. The average Bonchev–Trinajstić information content (AvgIpc) is 2.70. The Kier molecular flexibility index (Phi) is 4.02. The number of hydrogen-bond donors (Lipinski definition) is 3. The second-order valence-electron chi connectivity index (χ2n) is 4.80. The Morgan fingerprint density at radius 3 is 2.45 bits per heavy atom. The van der Waals surface area contributed by atoms with Gasteiger partial charge in [0.25, 0.3) is 17.5 Å².